The molecule has 138 valence electrons. The molecule has 0 aliphatic rings. The van der Waals surface area contributed by atoms with Crippen LogP contribution in [0.3, 0.4) is 0 Å². The van der Waals surface area contributed by atoms with Crippen LogP contribution in [-0.4, -0.2) is 25.2 Å². The summed E-state index contributed by atoms with van der Waals surface area (Å²) >= 11 is 0. The van der Waals surface area contributed by atoms with E-state index in [0.717, 1.165) is 16.7 Å². The van der Waals surface area contributed by atoms with E-state index in [1.807, 2.05) is 26.0 Å². The zero-order valence-electron chi connectivity index (χ0n) is 15.5. The molecule has 1 unspecified atom stereocenters. The van der Waals surface area contributed by atoms with Gasteiger partial charge in [-0.05, 0) is 44.9 Å². The van der Waals surface area contributed by atoms with E-state index in [0.29, 0.717) is 11.1 Å². The molecule has 2 rings (SSSR count). The van der Waals surface area contributed by atoms with Gasteiger partial charge in [-0.25, -0.2) is 0 Å². The Hall–Kier alpha value is -2.81. The molecule has 0 saturated heterocycles. The van der Waals surface area contributed by atoms with Crippen molar-refractivity contribution in [1.29, 1.82) is 5.26 Å². The Labute approximate surface area is 152 Å². The van der Waals surface area contributed by atoms with Gasteiger partial charge in [-0.3, -0.25) is 9.59 Å². The van der Waals surface area contributed by atoms with Crippen LogP contribution < -0.4 is 0 Å². The number of esters is 2. The normalized spacial score (nSPS) is 12.0. The van der Waals surface area contributed by atoms with Gasteiger partial charge in [0, 0.05) is 17.7 Å². The van der Waals surface area contributed by atoms with Gasteiger partial charge in [-0.2, -0.15) is 5.26 Å². The summed E-state index contributed by atoms with van der Waals surface area (Å²) < 4.78 is 15.9. The predicted molar refractivity (Wildman–Crippen MR) is 95.4 cm³/mol. The van der Waals surface area contributed by atoms with Gasteiger partial charge in [0.05, 0.1) is 19.3 Å². The molecule has 0 amide bonds. The van der Waals surface area contributed by atoms with E-state index in [2.05, 4.69) is 6.07 Å². The molecule has 6 nitrogen and oxygen atoms in total. The van der Waals surface area contributed by atoms with Crippen LogP contribution in [0.15, 0.2) is 22.6 Å². The molecule has 1 heterocycles. The van der Waals surface area contributed by atoms with Gasteiger partial charge in [0.25, 0.3) is 0 Å². The second-order valence-electron chi connectivity index (χ2n) is 5.99. The summed E-state index contributed by atoms with van der Waals surface area (Å²) in [6.45, 7) is 7.46. The van der Waals surface area contributed by atoms with Crippen LogP contribution in [0, 0.1) is 31.1 Å². The van der Waals surface area contributed by atoms with Crippen molar-refractivity contribution in [3.05, 3.63) is 35.1 Å². The maximum Gasteiger partial charge on any atom is 0.320 e. The topological polar surface area (TPSA) is 89.5 Å². The summed E-state index contributed by atoms with van der Waals surface area (Å²) in [5.41, 5.74) is 2.36. The minimum atomic E-state index is -1.19. The van der Waals surface area contributed by atoms with Crippen LogP contribution in [0.25, 0.3) is 11.0 Å². The summed E-state index contributed by atoms with van der Waals surface area (Å²) in [5, 5.41) is 10.2. The molecule has 0 bridgehead atoms. The lowest BCUT2D eigenvalue weighted by molar-refractivity contribution is -0.162. The molecule has 1 aromatic heterocycles. The maximum absolute atomic E-state index is 12.4. The Balaban J connectivity index is 2.51. The molecule has 0 aliphatic carbocycles. The number of carbonyl (C=O) groups is 2. The van der Waals surface area contributed by atoms with Crippen molar-refractivity contribution in [2.75, 3.05) is 13.2 Å². The average Bonchev–Trinajstić information content (AvgIpc) is 2.88. The van der Waals surface area contributed by atoms with Gasteiger partial charge in [-0.1, -0.05) is 12.1 Å². The number of nitrogens with zero attached hydrogens (tertiary/aromatic N) is 1. The van der Waals surface area contributed by atoms with Crippen LogP contribution in [0.2, 0.25) is 0 Å². The monoisotopic (exact) mass is 357 g/mol. The zero-order valence-corrected chi connectivity index (χ0v) is 15.5. The van der Waals surface area contributed by atoms with Gasteiger partial charge < -0.3 is 13.9 Å². The van der Waals surface area contributed by atoms with Gasteiger partial charge in [0.15, 0.2) is 5.92 Å². The first kappa shape index (κ1) is 19.5. The number of hydrogen-bond donors (Lipinski definition) is 0. The molecule has 0 saturated carbocycles. The van der Waals surface area contributed by atoms with Gasteiger partial charge >= 0.3 is 11.9 Å². The van der Waals surface area contributed by atoms with E-state index in [4.69, 9.17) is 13.9 Å². The molecule has 0 aliphatic heterocycles. The van der Waals surface area contributed by atoms with E-state index in [1.165, 1.54) is 0 Å². The van der Waals surface area contributed by atoms with E-state index in [9.17, 15) is 14.9 Å². The lowest BCUT2D eigenvalue weighted by atomic mass is 9.83. The molecule has 0 radical (unpaired) electrons. The first-order valence-electron chi connectivity index (χ1n) is 8.64. The van der Waals surface area contributed by atoms with Gasteiger partial charge in [0.1, 0.15) is 11.3 Å². The van der Waals surface area contributed by atoms with Crippen molar-refractivity contribution in [3.8, 4) is 6.07 Å². The number of ether oxygens (including phenoxy) is 2. The van der Waals surface area contributed by atoms with Crippen molar-refractivity contribution in [3.63, 3.8) is 0 Å². The predicted octanol–water partition coefficient (Wildman–Crippen LogP) is 3.79. The van der Waals surface area contributed by atoms with E-state index < -0.39 is 23.8 Å². The molecule has 0 fully saturated rings. The maximum atomic E-state index is 12.4. The van der Waals surface area contributed by atoms with Gasteiger partial charge in [-0.15, -0.1) is 0 Å². The fourth-order valence-electron chi connectivity index (χ4n) is 3.01. The van der Waals surface area contributed by atoms with E-state index >= 15 is 0 Å². The highest BCUT2D eigenvalue weighted by molar-refractivity contribution is 5.96. The quantitative estimate of drug-likeness (QED) is 0.553. The first-order chi connectivity index (χ1) is 12.4. The Morgan fingerprint density at radius 3 is 2.31 bits per heavy atom. The smallest absolute Gasteiger partial charge is 0.320 e. The highest BCUT2D eigenvalue weighted by atomic mass is 16.6. The Kier molecular flexibility index (Phi) is 6.40. The zero-order chi connectivity index (χ0) is 19.3. The third-order valence-electron chi connectivity index (χ3n) is 4.42. The highest BCUT2D eigenvalue weighted by Gasteiger charge is 2.38. The lowest BCUT2D eigenvalue weighted by Crippen LogP contribution is -2.33. The Morgan fingerprint density at radius 2 is 1.77 bits per heavy atom. The number of furan rings is 1. The van der Waals surface area contributed by atoms with Crippen molar-refractivity contribution >= 4 is 22.9 Å². The van der Waals surface area contributed by atoms with Crippen LogP contribution in [0.4, 0.5) is 0 Å². The summed E-state index contributed by atoms with van der Waals surface area (Å²) in [6.07, 6.45) is -0.0214. The standard InChI is InChI=1S/C20H23NO5/c1-5-24-19(22)18(20(23)25-6-2)16(9-10-21)14-7-8-15-12(3)13(4)26-17(15)11-14/h7-8,11,16,18H,5-6,9H2,1-4H3. The molecular weight excluding hydrogens is 334 g/mol. The Bertz CT molecular complexity index is 828. The van der Waals surface area contributed by atoms with Crippen molar-refractivity contribution < 1.29 is 23.5 Å². The van der Waals surface area contributed by atoms with Gasteiger partial charge in [0.2, 0.25) is 0 Å². The molecule has 26 heavy (non-hydrogen) atoms. The molecule has 1 atom stereocenters. The third-order valence-corrected chi connectivity index (χ3v) is 4.42. The second kappa shape index (κ2) is 8.52. The third kappa shape index (κ3) is 3.88. The molecule has 0 spiro atoms. The largest absolute Gasteiger partial charge is 0.465 e. The fourth-order valence-corrected chi connectivity index (χ4v) is 3.01. The summed E-state index contributed by atoms with van der Waals surface area (Å²) in [4.78, 5) is 24.8. The number of fused-ring (bicyclic) bond motifs is 1. The van der Waals surface area contributed by atoms with E-state index in [1.54, 1.807) is 19.9 Å². The summed E-state index contributed by atoms with van der Waals surface area (Å²) in [6, 6.07) is 7.54. The number of benzene rings is 1. The number of carbonyl (C=O) groups excluding carboxylic acids is 2. The summed E-state index contributed by atoms with van der Waals surface area (Å²) in [5.74, 6) is -2.42. The number of rotatable bonds is 7. The van der Waals surface area contributed by atoms with Crippen molar-refractivity contribution in [2.45, 2.75) is 40.0 Å². The van der Waals surface area contributed by atoms with E-state index in [-0.39, 0.29) is 19.6 Å². The molecule has 0 N–H and O–H groups in total. The average molecular weight is 357 g/mol. The van der Waals surface area contributed by atoms with Crippen molar-refractivity contribution in [1.82, 2.24) is 0 Å². The van der Waals surface area contributed by atoms with Crippen molar-refractivity contribution in [2.24, 2.45) is 5.92 Å². The fraction of sp³-hybridized carbons (Fsp3) is 0.450. The molecule has 6 heteroatoms. The Morgan fingerprint density at radius 1 is 1.15 bits per heavy atom. The number of aryl methyl sites for hydroxylation is 2. The minimum absolute atomic E-state index is 0.0214. The number of nitriles is 1. The van der Waals surface area contributed by atoms with Crippen LogP contribution >= 0.6 is 0 Å². The minimum Gasteiger partial charge on any atom is -0.465 e. The SMILES string of the molecule is CCOC(=O)C(C(=O)OCC)C(CC#N)c1ccc2c(C)c(C)oc2c1. The highest BCUT2D eigenvalue weighted by Crippen LogP contribution is 2.34. The summed E-state index contributed by atoms with van der Waals surface area (Å²) in [7, 11) is 0. The van der Waals surface area contributed by atoms with Crippen LogP contribution in [-0.2, 0) is 19.1 Å². The molecule has 2 aromatic rings. The molecule has 1 aromatic carbocycles. The second-order valence-corrected chi connectivity index (χ2v) is 5.99. The van der Waals surface area contributed by atoms with Crippen LogP contribution in [0.5, 0.6) is 0 Å². The lowest BCUT2D eigenvalue weighted by Gasteiger charge is -2.22. The van der Waals surface area contributed by atoms with Crippen LogP contribution in [0.1, 0.15) is 43.1 Å². The first-order valence-corrected chi connectivity index (χ1v) is 8.64. The molecular formula is C20H23NO5. The number of hydrogen-bond acceptors (Lipinski definition) is 6.